The molecule has 1 aliphatic carbocycles. The van der Waals surface area contributed by atoms with Gasteiger partial charge in [0.05, 0.1) is 6.20 Å². The second kappa shape index (κ2) is 5.87. The van der Waals surface area contributed by atoms with E-state index >= 15 is 0 Å². The highest BCUT2D eigenvalue weighted by molar-refractivity contribution is 5.15. The van der Waals surface area contributed by atoms with E-state index in [4.69, 9.17) is 0 Å². The molecule has 0 amide bonds. The van der Waals surface area contributed by atoms with Crippen molar-refractivity contribution in [3.05, 3.63) is 18.0 Å². The van der Waals surface area contributed by atoms with Crippen molar-refractivity contribution in [3.8, 4) is 0 Å². The molecule has 1 atom stereocenters. The summed E-state index contributed by atoms with van der Waals surface area (Å²) in [5, 5.41) is 8.13. The molecule has 1 saturated carbocycles. The van der Waals surface area contributed by atoms with Crippen LogP contribution in [0.1, 0.15) is 64.5 Å². The van der Waals surface area contributed by atoms with Gasteiger partial charge in [-0.15, -0.1) is 0 Å². The zero-order chi connectivity index (χ0) is 13.0. The molecule has 1 unspecified atom stereocenters. The van der Waals surface area contributed by atoms with Gasteiger partial charge in [-0.3, -0.25) is 4.68 Å². The Morgan fingerprint density at radius 3 is 2.61 bits per heavy atom. The number of rotatable bonds is 5. The summed E-state index contributed by atoms with van der Waals surface area (Å²) < 4.78 is 2.03. The third-order valence-electron chi connectivity index (χ3n) is 4.41. The average molecular weight is 249 g/mol. The minimum atomic E-state index is 0.399. The summed E-state index contributed by atoms with van der Waals surface area (Å²) >= 11 is 0. The van der Waals surface area contributed by atoms with Crippen LogP contribution in [0.2, 0.25) is 0 Å². The van der Waals surface area contributed by atoms with Crippen molar-refractivity contribution in [2.24, 2.45) is 5.41 Å². The first-order valence-electron chi connectivity index (χ1n) is 7.45. The Bertz CT molecular complexity index is 364. The van der Waals surface area contributed by atoms with Gasteiger partial charge in [0.25, 0.3) is 0 Å². The van der Waals surface area contributed by atoms with E-state index in [2.05, 4.69) is 43.6 Å². The third kappa shape index (κ3) is 2.77. The van der Waals surface area contributed by atoms with Gasteiger partial charge >= 0.3 is 0 Å². The van der Waals surface area contributed by atoms with E-state index in [9.17, 15) is 0 Å². The standard InChI is InChI=1S/C15H27N3/c1-4-16-14(13-11-17-18(5-2)12-13)15(3)9-7-6-8-10-15/h11-12,14,16H,4-10H2,1-3H3. The first-order chi connectivity index (χ1) is 8.69. The van der Waals surface area contributed by atoms with Crippen molar-refractivity contribution >= 4 is 0 Å². The molecule has 2 rings (SSSR count). The van der Waals surface area contributed by atoms with Gasteiger partial charge in [0.1, 0.15) is 0 Å². The zero-order valence-corrected chi connectivity index (χ0v) is 12.1. The highest BCUT2D eigenvalue weighted by Crippen LogP contribution is 2.45. The molecule has 18 heavy (non-hydrogen) atoms. The van der Waals surface area contributed by atoms with Crippen molar-refractivity contribution in [2.45, 2.75) is 65.5 Å². The fraction of sp³-hybridized carbons (Fsp3) is 0.800. The van der Waals surface area contributed by atoms with E-state index < -0.39 is 0 Å². The Kier molecular flexibility index (Phi) is 4.44. The van der Waals surface area contributed by atoms with Crippen molar-refractivity contribution in [2.75, 3.05) is 6.54 Å². The maximum absolute atomic E-state index is 4.44. The van der Waals surface area contributed by atoms with Crippen LogP contribution in [0.15, 0.2) is 12.4 Å². The lowest BCUT2D eigenvalue weighted by atomic mass is 9.69. The maximum atomic E-state index is 4.44. The van der Waals surface area contributed by atoms with Gasteiger partial charge in [-0.05, 0) is 31.7 Å². The number of nitrogens with one attached hydrogen (secondary N) is 1. The molecule has 3 nitrogen and oxygen atoms in total. The number of aryl methyl sites for hydroxylation is 1. The normalized spacial score (nSPS) is 20.8. The van der Waals surface area contributed by atoms with Gasteiger partial charge < -0.3 is 5.32 Å². The minimum absolute atomic E-state index is 0.399. The number of nitrogens with zero attached hydrogens (tertiary/aromatic N) is 2. The molecule has 1 aliphatic rings. The van der Waals surface area contributed by atoms with Crippen LogP contribution in [-0.4, -0.2) is 16.3 Å². The van der Waals surface area contributed by atoms with E-state index in [1.54, 1.807) is 0 Å². The van der Waals surface area contributed by atoms with Crippen molar-refractivity contribution in [1.82, 2.24) is 15.1 Å². The third-order valence-corrected chi connectivity index (χ3v) is 4.41. The van der Waals surface area contributed by atoms with Crippen LogP contribution in [0.3, 0.4) is 0 Å². The predicted molar refractivity (Wildman–Crippen MR) is 75.5 cm³/mol. The van der Waals surface area contributed by atoms with Gasteiger partial charge in [0.2, 0.25) is 0 Å². The summed E-state index contributed by atoms with van der Waals surface area (Å²) in [5.41, 5.74) is 1.76. The zero-order valence-electron chi connectivity index (χ0n) is 12.1. The van der Waals surface area contributed by atoms with Gasteiger partial charge in [-0.2, -0.15) is 5.10 Å². The Morgan fingerprint density at radius 2 is 2.06 bits per heavy atom. The molecule has 0 spiro atoms. The molecule has 0 bridgehead atoms. The highest BCUT2D eigenvalue weighted by Gasteiger charge is 2.36. The molecule has 1 N–H and O–H groups in total. The second-order valence-electron chi connectivity index (χ2n) is 5.83. The lowest BCUT2D eigenvalue weighted by Crippen LogP contribution is -2.37. The van der Waals surface area contributed by atoms with Gasteiger partial charge in [0.15, 0.2) is 0 Å². The second-order valence-corrected chi connectivity index (χ2v) is 5.83. The Labute approximate surface area is 111 Å². The molecule has 1 heterocycles. The summed E-state index contributed by atoms with van der Waals surface area (Å²) in [6, 6.07) is 0.461. The first-order valence-corrected chi connectivity index (χ1v) is 7.45. The predicted octanol–water partition coefficient (Wildman–Crippen LogP) is 3.52. The molecule has 1 aromatic rings. The monoisotopic (exact) mass is 249 g/mol. The average Bonchev–Trinajstić information content (AvgIpc) is 2.85. The molecule has 0 aliphatic heterocycles. The van der Waals surface area contributed by atoms with Gasteiger partial charge in [-0.1, -0.05) is 33.1 Å². The largest absolute Gasteiger partial charge is 0.310 e. The summed E-state index contributed by atoms with van der Waals surface area (Å²) in [4.78, 5) is 0. The van der Waals surface area contributed by atoms with E-state index in [-0.39, 0.29) is 0 Å². The smallest absolute Gasteiger partial charge is 0.0537 e. The van der Waals surface area contributed by atoms with Gasteiger partial charge in [0, 0.05) is 24.3 Å². The van der Waals surface area contributed by atoms with Crippen LogP contribution < -0.4 is 5.32 Å². The molecular weight excluding hydrogens is 222 g/mol. The Hall–Kier alpha value is -0.830. The van der Waals surface area contributed by atoms with Crippen LogP contribution in [0.5, 0.6) is 0 Å². The highest BCUT2D eigenvalue weighted by atomic mass is 15.3. The Morgan fingerprint density at radius 1 is 1.33 bits per heavy atom. The maximum Gasteiger partial charge on any atom is 0.0537 e. The Balaban J connectivity index is 2.20. The van der Waals surface area contributed by atoms with Crippen LogP contribution >= 0.6 is 0 Å². The molecule has 0 aromatic carbocycles. The summed E-state index contributed by atoms with van der Waals surface area (Å²) in [5.74, 6) is 0. The van der Waals surface area contributed by atoms with E-state index in [0.717, 1.165) is 13.1 Å². The minimum Gasteiger partial charge on any atom is -0.310 e. The summed E-state index contributed by atoms with van der Waals surface area (Å²) in [7, 11) is 0. The molecule has 102 valence electrons. The topological polar surface area (TPSA) is 29.9 Å². The molecule has 1 aromatic heterocycles. The van der Waals surface area contributed by atoms with Crippen molar-refractivity contribution in [1.29, 1.82) is 0 Å². The van der Waals surface area contributed by atoms with Crippen LogP contribution in [0.4, 0.5) is 0 Å². The van der Waals surface area contributed by atoms with Crippen LogP contribution in [-0.2, 0) is 6.54 Å². The van der Waals surface area contributed by atoms with E-state index in [1.165, 1.54) is 37.7 Å². The fourth-order valence-electron chi connectivity index (χ4n) is 3.32. The molecule has 0 radical (unpaired) electrons. The van der Waals surface area contributed by atoms with Crippen molar-refractivity contribution in [3.63, 3.8) is 0 Å². The quantitative estimate of drug-likeness (QED) is 0.865. The molecule has 1 fully saturated rings. The van der Waals surface area contributed by atoms with Crippen LogP contribution in [0.25, 0.3) is 0 Å². The lowest BCUT2D eigenvalue weighted by Gasteiger charge is -2.41. The van der Waals surface area contributed by atoms with E-state index in [0.29, 0.717) is 11.5 Å². The SMILES string of the molecule is CCNC(c1cnn(CC)c1)C1(C)CCCCC1. The molecular formula is C15H27N3. The van der Waals surface area contributed by atoms with E-state index in [1.807, 2.05) is 4.68 Å². The van der Waals surface area contributed by atoms with Gasteiger partial charge in [-0.25, -0.2) is 0 Å². The summed E-state index contributed by atoms with van der Waals surface area (Å²) in [6.07, 6.45) is 11.1. The first kappa shape index (κ1) is 13.6. The summed E-state index contributed by atoms with van der Waals surface area (Å²) in [6.45, 7) is 8.76. The van der Waals surface area contributed by atoms with Crippen molar-refractivity contribution < 1.29 is 0 Å². The molecule has 0 saturated heterocycles. The fourth-order valence-corrected chi connectivity index (χ4v) is 3.32. The molecule has 3 heteroatoms. The number of aromatic nitrogens is 2. The van der Waals surface area contributed by atoms with Crippen LogP contribution in [0, 0.1) is 5.41 Å². The number of hydrogen-bond donors (Lipinski definition) is 1. The number of hydrogen-bond acceptors (Lipinski definition) is 2. The lowest BCUT2D eigenvalue weighted by molar-refractivity contribution is 0.146.